The lowest BCUT2D eigenvalue weighted by Gasteiger charge is -2.23. The van der Waals surface area contributed by atoms with Crippen molar-refractivity contribution in [3.63, 3.8) is 0 Å². The van der Waals surface area contributed by atoms with Crippen LogP contribution in [0.3, 0.4) is 0 Å². The predicted molar refractivity (Wildman–Crippen MR) is 216 cm³/mol. The van der Waals surface area contributed by atoms with Crippen LogP contribution in [0.4, 0.5) is 11.5 Å². The molecule has 6 rings (SSSR count). The van der Waals surface area contributed by atoms with E-state index in [-0.39, 0.29) is 47.7 Å². The molecule has 17 nitrogen and oxygen atoms in total. The Morgan fingerprint density at radius 2 is 1.76 bits per heavy atom. The molecule has 302 valence electrons. The van der Waals surface area contributed by atoms with Crippen LogP contribution in [0.25, 0.3) is 11.0 Å². The Balaban J connectivity index is 1.00. The maximum absolute atomic E-state index is 14.1. The lowest BCUT2D eigenvalue weighted by molar-refractivity contribution is -0.141. The molecule has 0 fully saturated rings. The number of carbonyl (C=O) groups excluding carboxylic acids is 3. The number of anilines is 2. The summed E-state index contributed by atoms with van der Waals surface area (Å²) in [5.74, 6) is -0.976. The van der Waals surface area contributed by atoms with Gasteiger partial charge in [0.1, 0.15) is 22.6 Å². The summed E-state index contributed by atoms with van der Waals surface area (Å²) >= 11 is 0. The Kier molecular flexibility index (Phi) is 13.1. The largest absolute Gasteiger partial charge is 0.481 e. The number of imidazole rings is 1. The number of hydrogen-bond donors (Lipinski definition) is 6. The van der Waals surface area contributed by atoms with Crippen LogP contribution in [0.5, 0.6) is 0 Å². The van der Waals surface area contributed by atoms with Gasteiger partial charge < -0.3 is 30.5 Å². The monoisotopic (exact) mass is 809 g/mol. The number of aromatic nitrogens is 3. The maximum atomic E-state index is 14.1. The highest BCUT2D eigenvalue weighted by atomic mass is 32.2. The third-order valence-electron chi connectivity index (χ3n) is 9.45. The fraction of sp³-hybridized carbons (Fsp3) is 0.275. The number of nitrogens with one attached hydrogen (secondary N) is 4. The first-order valence-corrected chi connectivity index (χ1v) is 20.0. The SMILES string of the molecule is CN1Cc2cc(C(=O)N(CCCCCCNC(=O)c3ccc(NN=Cc4ccccc4S(=O)(=O)O)nc3)Cc3nc4ccccc4[nH]3)ccc2NC(CC(=O)O)C1=O. The molecule has 3 aromatic carbocycles. The molecule has 5 aromatic rings. The van der Waals surface area contributed by atoms with Gasteiger partial charge in [-0.3, -0.25) is 29.2 Å². The third kappa shape index (κ3) is 10.6. The van der Waals surface area contributed by atoms with Gasteiger partial charge in [-0.15, -0.1) is 0 Å². The first-order chi connectivity index (χ1) is 27.9. The summed E-state index contributed by atoms with van der Waals surface area (Å²) in [7, 11) is -2.81. The van der Waals surface area contributed by atoms with E-state index in [4.69, 9.17) is 0 Å². The predicted octanol–water partition coefficient (Wildman–Crippen LogP) is 4.51. The number of carbonyl (C=O) groups is 4. The Labute approximate surface area is 334 Å². The van der Waals surface area contributed by atoms with Gasteiger partial charge in [0.15, 0.2) is 0 Å². The Morgan fingerprint density at radius 1 is 1.00 bits per heavy atom. The minimum atomic E-state index is -4.42. The zero-order valence-corrected chi connectivity index (χ0v) is 32.4. The molecule has 0 aliphatic carbocycles. The van der Waals surface area contributed by atoms with Crippen molar-refractivity contribution in [3.8, 4) is 0 Å². The number of carboxylic acids is 1. The highest BCUT2D eigenvalue weighted by Crippen LogP contribution is 2.26. The molecule has 1 aliphatic rings. The van der Waals surface area contributed by atoms with Crippen LogP contribution in [0.15, 0.2) is 95.1 Å². The highest BCUT2D eigenvalue weighted by molar-refractivity contribution is 7.86. The number of hydrogen-bond acceptors (Lipinski definition) is 11. The summed E-state index contributed by atoms with van der Waals surface area (Å²) in [5, 5.41) is 19.2. The summed E-state index contributed by atoms with van der Waals surface area (Å²) in [4.78, 5) is 66.1. The first kappa shape index (κ1) is 41.0. The van der Waals surface area contributed by atoms with Gasteiger partial charge in [0.25, 0.3) is 21.9 Å². The fourth-order valence-corrected chi connectivity index (χ4v) is 7.20. The number of para-hydroxylation sites is 2. The molecule has 2 aromatic heterocycles. The number of nitrogens with zero attached hydrogens (tertiary/aromatic N) is 5. The minimum absolute atomic E-state index is 0.186. The average Bonchev–Trinajstić information content (AvgIpc) is 3.57. The molecular formula is C40H43N9O8S. The zero-order valence-electron chi connectivity index (χ0n) is 31.6. The van der Waals surface area contributed by atoms with Gasteiger partial charge in [-0.25, -0.2) is 9.97 Å². The maximum Gasteiger partial charge on any atom is 0.305 e. The molecule has 1 unspecified atom stereocenters. The number of aliphatic carboxylic acids is 1. The summed E-state index contributed by atoms with van der Waals surface area (Å²) in [5.41, 5.74) is 6.60. The van der Waals surface area contributed by atoms with Gasteiger partial charge in [0.2, 0.25) is 5.91 Å². The van der Waals surface area contributed by atoms with Crippen molar-refractivity contribution in [2.24, 2.45) is 5.10 Å². The molecule has 0 saturated heterocycles. The summed E-state index contributed by atoms with van der Waals surface area (Å²) < 4.78 is 32.5. The van der Waals surface area contributed by atoms with Gasteiger partial charge in [-0.05, 0) is 66.9 Å². The molecule has 1 aliphatic heterocycles. The number of likely N-dealkylation sites (N-methyl/N-ethyl adjacent to an activating group) is 1. The van der Waals surface area contributed by atoms with Crippen LogP contribution < -0.4 is 16.1 Å². The molecule has 0 saturated carbocycles. The van der Waals surface area contributed by atoms with Gasteiger partial charge in [-0.2, -0.15) is 13.5 Å². The van der Waals surface area contributed by atoms with Crippen molar-refractivity contribution in [2.75, 3.05) is 30.9 Å². The summed E-state index contributed by atoms with van der Waals surface area (Å²) in [6, 6.07) is 20.8. The fourth-order valence-electron chi connectivity index (χ4n) is 6.53. The number of pyridine rings is 1. The van der Waals surface area contributed by atoms with E-state index < -0.39 is 22.1 Å². The normalized spacial score (nSPS) is 14.1. The van der Waals surface area contributed by atoms with E-state index in [1.54, 1.807) is 48.3 Å². The standard InChI is InChI=1S/C40H43N9O8S/c1-48-24-29-20-26(14-16-30(29)44-33(40(48)54)21-37(50)51)39(53)49(25-36-45-31-11-5-6-12-32(31)46-36)19-9-3-2-8-18-41-38(52)28-15-17-35(42-22-28)47-43-23-27-10-4-7-13-34(27)58(55,56)57/h4-7,10-17,20,22-23,33,44H,2-3,8-9,18-19,21,24-25H2,1H3,(H,41,52)(H,42,47)(H,45,46)(H,50,51)(H,55,56,57). The second kappa shape index (κ2) is 18.5. The van der Waals surface area contributed by atoms with Crippen molar-refractivity contribution in [3.05, 3.63) is 113 Å². The van der Waals surface area contributed by atoms with E-state index in [1.165, 1.54) is 35.5 Å². The second-order valence-corrected chi connectivity index (χ2v) is 15.2. The Hall–Kier alpha value is -6.66. The number of benzene rings is 3. The van der Waals surface area contributed by atoms with Crippen molar-refractivity contribution in [2.45, 2.75) is 56.1 Å². The van der Waals surface area contributed by atoms with Crippen LogP contribution >= 0.6 is 0 Å². The molecular weight excluding hydrogens is 767 g/mol. The van der Waals surface area contributed by atoms with Crippen LogP contribution in [-0.4, -0.2) is 98.9 Å². The van der Waals surface area contributed by atoms with Crippen LogP contribution in [0, 0.1) is 0 Å². The van der Waals surface area contributed by atoms with Crippen LogP contribution in [0.2, 0.25) is 0 Å². The van der Waals surface area contributed by atoms with Gasteiger partial charge >= 0.3 is 5.97 Å². The molecule has 18 heteroatoms. The van der Waals surface area contributed by atoms with Crippen molar-refractivity contribution in [1.82, 2.24) is 30.1 Å². The Morgan fingerprint density at radius 3 is 2.52 bits per heavy atom. The highest BCUT2D eigenvalue weighted by Gasteiger charge is 2.30. The number of rotatable bonds is 17. The number of H-pyrrole nitrogens is 1. The van der Waals surface area contributed by atoms with Crippen molar-refractivity contribution in [1.29, 1.82) is 0 Å². The molecule has 0 bridgehead atoms. The number of hydrazone groups is 1. The third-order valence-corrected chi connectivity index (χ3v) is 10.4. The van der Waals surface area contributed by atoms with Crippen molar-refractivity contribution >= 4 is 62.6 Å². The number of carboxylic acid groups (broad SMARTS) is 1. The quantitative estimate of drug-likeness (QED) is 0.0329. The van der Waals surface area contributed by atoms with Crippen molar-refractivity contribution < 1.29 is 37.3 Å². The molecule has 3 heterocycles. The topological polar surface area (TPSA) is 239 Å². The molecule has 0 spiro atoms. The number of aromatic amines is 1. The van der Waals surface area contributed by atoms with E-state index >= 15 is 0 Å². The zero-order chi connectivity index (χ0) is 41.2. The smallest absolute Gasteiger partial charge is 0.305 e. The van der Waals surface area contributed by atoms with E-state index in [0.29, 0.717) is 60.0 Å². The molecule has 6 N–H and O–H groups in total. The van der Waals surface area contributed by atoms with E-state index in [0.717, 1.165) is 23.9 Å². The van der Waals surface area contributed by atoms with E-state index in [1.807, 2.05) is 24.3 Å². The van der Waals surface area contributed by atoms with E-state index in [2.05, 4.69) is 36.1 Å². The number of unbranched alkanes of at least 4 members (excludes halogenated alkanes) is 3. The molecule has 3 amide bonds. The van der Waals surface area contributed by atoms with Gasteiger partial charge in [0, 0.05) is 49.7 Å². The molecule has 0 radical (unpaired) electrons. The summed E-state index contributed by atoms with van der Waals surface area (Å²) in [6.07, 6.45) is 5.26. The summed E-state index contributed by atoms with van der Waals surface area (Å²) in [6.45, 7) is 1.34. The van der Waals surface area contributed by atoms with E-state index in [9.17, 15) is 37.3 Å². The average molecular weight is 810 g/mol. The van der Waals surface area contributed by atoms with Crippen LogP contribution in [-0.2, 0) is 32.8 Å². The first-order valence-electron chi connectivity index (χ1n) is 18.5. The van der Waals surface area contributed by atoms with Crippen LogP contribution in [0.1, 0.15) is 69.8 Å². The Bertz CT molecular complexity index is 2400. The number of fused-ring (bicyclic) bond motifs is 2. The van der Waals surface area contributed by atoms with Gasteiger partial charge in [-0.1, -0.05) is 43.2 Å². The lowest BCUT2D eigenvalue weighted by Crippen LogP contribution is -2.39. The second-order valence-electron chi connectivity index (χ2n) is 13.8. The lowest BCUT2D eigenvalue weighted by atomic mass is 10.1. The minimum Gasteiger partial charge on any atom is -0.481 e. The molecule has 1 atom stereocenters. The number of amides is 3. The van der Waals surface area contributed by atoms with Gasteiger partial charge in [0.05, 0.1) is 35.8 Å². The molecule has 58 heavy (non-hydrogen) atoms.